The average molecular weight is 453 g/mol. The van der Waals surface area contributed by atoms with Crippen LogP contribution in [0.5, 0.6) is 0 Å². The first-order valence-electron chi connectivity index (χ1n) is 11.5. The van der Waals surface area contributed by atoms with Gasteiger partial charge in [0.25, 0.3) is 0 Å². The number of allylic oxidation sites excluding steroid dienone is 1. The van der Waals surface area contributed by atoms with Gasteiger partial charge in [-0.05, 0) is 84.4 Å². The average Bonchev–Trinajstić information content (AvgIpc) is 2.86. The van der Waals surface area contributed by atoms with Gasteiger partial charge in [0.15, 0.2) is 0 Å². The highest BCUT2D eigenvalue weighted by molar-refractivity contribution is 5.84. The van der Waals surface area contributed by atoms with Crippen LogP contribution in [-0.4, -0.2) is 4.98 Å². The zero-order chi connectivity index (χ0) is 23.9. The van der Waals surface area contributed by atoms with Gasteiger partial charge in [-0.15, -0.1) is 6.58 Å². The number of benzene rings is 3. The number of nitrogens with zero attached hydrogens (tertiary/aromatic N) is 2. The lowest BCUT2D eigenvalue weighted by Gasteiger charge is -2.09. The third-order valence-electron chi connectivity index (χ3n) is 6.13. The van der Waals surface area contributed by atoms with Gasteiger partial charge in [0.05, 0.1) is 5.56 Å². The van der Waals surface area contributed by atoms with Crippen molar-refractivity contribution in [3.63, 3.8) is 0 Å². The van der Waals surface area contributed by atoms with E-state index in [1.165, 1.54) is 17.7 Å². The maximum atomic E-state index is 15.1. The Morgan fingerprint density at radius 3 is 2.32 bits per heavy atom. The lowest BCUT2D eigenvalue weighted by atomic mass is 9.97. The van der Waals surface area contributed by atoms with Gasteiger partial charge in [-0.3, -0.25) is 4.98 Å². The molecule has 0 radical (unpaired) electrons. The summed E-state index contributed by atoms with van der Waals surface area (Å²) in [5.41, 5.74) is 4.77. The summed E-state index contributed by atoms with van der Waals surface area (Å²) in [5.74, 6) is -0.764. The van der Waals surface area contributed by atoms with Crippen LogP contribution >= 0.6 is 0 Å². The molecular weight excluding hydrogens is 426 g/mol. The predicted molar refractivity (Wildman–Crippen MR) is 133 cm³/mol. The van der Waals surface area contributed by atoms with E-state index < -0.39 is 5.82 Å². The van der Waals surface area contributed by atoms with Crippen molar-refractivity contribution in [3.8, 4) is 6.07 Å². The molecule has 0 aliphatic rings. The molecule has 1 aromatic heterocycles. The fourth-order valence-electron chi connectivity index (χ4n) is 4.11. The number of nitriles is 1. The molecule has 0 saturated carbocycles. The molecule has 0 spiro atoms. The molecule has 2 nitrogen and oxygen atoms in total. The molecule has 0 aliphatic heterocycles. The molecule has 1 heterocycles. The molecule has 0 N–H and O–H groups in total. The fraction of sp³-hybridized carbons (Fsp3) is 0.200. The van der Waals surface area contributed by atoms with Crippen molar-refractivity contribution in [2.75, 3.05) is 0 Å². The second-order valence-electron chi connectivity index (χ2n) is 8.51. The SMILES string of the molecule is C=CCCc1ccc(CCc2ccc3c(F)c(CCc4ccc(C#N)c(F)c4)ccc3c2)nc1. The highest BCUT2D eigenvalue weighted by Crippen LogP contribution is 2.24. The van der Waals surface area contributed by atoms with Crippen LogP contribution in [0.1, 0.15) is 39.9 Å². The van der Waals surface area contributed by atoms with Crippen LogP contribution in [0.3, 0.4) is 0 Å². The van der Waals surface area contributed by atoms with E-state index in [4.69, 9.17) is 5.26 Å². The summed E-state index contributed by atoms with van der Waals surface area (Å²) >= 11 is 0. The minimum Gasteiger partial charge on any atom is -0.261 e. The van der Waals surface area contributed by atoms with Gasteiger partial charge in [0.2, 0.25) is 0 Å². The molecule has 4 heteroatoms. The van der Waals surface area contributed by atoms with Crippen LogP contribution in [0.25, 0.3) is 10.8 Å². The molecule has 0 aliphatic carbocycles. The summed E-state index contributed by atoms with van der Waals surface area (Å²) in [4.78, 5) is 4.56. The zero-order valence-electron chi connectivity index (χ0n) is 19.0. The number of rotatable bonds is 9. The first-order chi connectivity index (χ1) is 16.6. The Hall–Kier alpha value is -3.84. The standard InChI is InChI=1S/C30H26F2N2/c1-2-3-4-23-8-15-27(34-20-23)14-7-21-9-16-28-25(17-21)13-12-24(30(28)32)10-5-22-6-11-26(19-33)29(31)18-22/h2,6,8-9,11-13,15-18,20H,1,3-5,7,10,14H2. The number of halogens is 2. The lowest BCUT2D eigenvalue weighted by Crippen LogP contribution is -1.98. The molecule has 4 rings (SSSR count). The molecule has 0 bridgehead atoms. The number of hydrogen-bond acceptors (Lipinski definition) is 2. The van der Waals surface area contributed by atoms with Crippen LogP contribution in [0.4, 0.5) is 8.78 Å². The Labute approximate surface area is 199 Å². The van der Waals surface area contributed by atoms with Crippen molar-refractivity contribution in [1.29, 1.82) is 5.26 Å². The molecule has 0 unspecified atom stereocenters. The third-order valence-corrected chi connectivity index (χ3v) is 6.13. The van der Waals surface area contributed by atoms with E-state index in [0.717, 1.165) is 47.9 Å². The minimum absolute atomic E-state index is 0.0211. The first kappa shape index (κ1) is 23.3. The Morgan fingerprint density at radius 1 is 0.824 bits per heavy atom. The van der Waals surface area contributed by atoms with Gasteiger partial charge >= 0.3 is 0 Å². The summed E-state index contributed by atoms with van der Waals surface area (Å²) in [5, 5.41) is 10.3. The Balaban J connectivity index is 1.41. The molecule has 0 saturated heterocycles. The van der Waals surface area contributed by atoms with Crippen molar-refractivity contribution in [1.82, 2.24) is 4.98 Å². The Bertz CT molecular complexity index is 1350. The van der Waals surface area contributed by atoms with E-state index in [1.54, 1.807) is 6.07 Å². The number of aromatic nitrogens is 1. The van der Waals surface area contributed by atoms with Crippen LogP contribution < -0.4 is 0 Å². The summed E-state index contributed by atoms with van der Waals surface area (Å²) in [7, 11) is 0. The molecule has 0 amide bonds. The summed E-state index contributed by atoms with van der Waals surface area (Å²) in [6.45, 7) is 3.75. The van der Waals surface area contributed by atoms with Crippen LogP contribution in [0, 0.1) is 23.0 Å². The van der Waals surface area contributed by atoms with Gasteiger partial charge in [-0.2, -0.15) is 5.26 Å². The smallest absolute Gasteiger partial charge is 0.141 e. The maximum Gasteiger partial charge on any atom is 0.141 e. The molecule has 170 valence electrons. The second-order valence-corrected chi connectivity index (χ2v) is 8.51. The number of aryl methyl sites for hydroxylation is 5. The molecule has 34 heavy (non-hydrogen) atoms. The van der Waals surface area contributed by atoms with Crippen LogP contribution in [-0.2, 0) is 32.1 Å². The number of hydrogen-bond donors (Lipinski definition) is 0. The Morgan fingerprint density at radius 2 is 1.59 bits per heavy atom. The predicted octanol–water partition coefficient (Wildman–Crippen LogP) is 7.07. The van der Waals surface area contributed by atoms with Crippen molar-refractivity contribution in [2.45, 2.75) is 38.5 Å². The largest absolute Gasteiger partial charge is 0.261 e. The highest BCUT2D eigenvalue weighted by Gasteiger charge is 2.10. The Kier molecular flexibility index (Phi) is 7.44. The maximum absolute atomic E-state index is 15.1. The van der Waals surface area contributed by atoms with E-state index in [1.807, 2.05) is 48.7 Å². The van der Waals surface area contributed by atoms with Crippen LogP contribution in [0.15, 0.2) is 79.5 Å². The topological polar surface area (TPSA) is 36.7 Å². The van der Waals surface area contributed by atoms with E-state index in [-0.39, 0.29) is 11.4 Å². The zero-order valence-corrected chi connectivity index (χ0v) is 19.0. The van der Waals surface area contributed by atoms with Gasteiger partial charge in [-0.1, -0.05) is 48.5 Å². The summed E-state index contributed by atoms with van der Waals surface area (Å²) in [6, 6.07) is 20.2. The lowest BCUT2D eigenvalue weighted by molar-refractivity contribution is 0.616. The first-order valence-corrected chi connectivity index (χ1v) is 11.5. The summed E-state index contributed by atoms with van der Waals surface area (Å²) in [6.07, 6.45) is 8.38. The van der Waals surface area contributed by atoms with Crippen molar-refractivity contribution < 1.29 is 8.78 Å². The molecule has 0 atom stereocenters. The normalized spacial score (nSPS) is 10.9. The van der Waals surface area contributed by atoms with E-state index in [2.05, 4.69) is 23.7 Å². The molecular formula is C30H26F2N2. The van der Waals surface area contributed by atoms with Crippen LogP contribution in [0.2, 0.25) is 0 Å². The fourth-order valence-corrected chi connectivity index (χ4v) is 4.11. The van der Waals surface area contributed by atoms with E-state index in [0.29, 0.717) is 23.8 Å². The van der Waals surface area contributed by atoms with Gasteiger partial charge in [-0.25, -0.2) is 8.78 Å². The van der Waals surface area contributed by atoms with Gasteiger partial charge in [0.1, 0.15) is 17.7 Å². The number of fused-ring (bicyclic) bond motifs is 1. The summed E-state index contributed by atoms with van der Waals surface area (Å²) < 4.78 is 29.0. The molecule has 4 aromatic rings. The second kappa shape index (κ2) is 10.9. The van der Waals surface area contributed by atoms with Gasteiger partial charge < -0.3 is 0 Å². The van der Waals surface area contributed by atoms with Gasteiger partial charge in [0, 0.05) is 17.3 Å². The van der Waals surface area contributed by atoms with Crippen molar-refractivity contribution in [2.24, 2.45) is 0 Å². The van der Waals surface area contributed by atoms with Crippen molar-refractivity contribution in [3.05, 3.63) is 125 Å². The van der Waals surface area contributed by atoms with Crippen molar-refractivity contribution >= 4 is 10.8 Å². The monoisotopic (exact) mass is 452 g/mol. The molecule has 3 aromatic carbocycles. The molecule has 0 fully saturated rings. The van der Waals surface area contributed by atoms with E-state index >= 15 is 4.39 Å². The minimum atomic E-state index is -0.537. The van der Waals surface area contributed by atoms with E-state index in [9.17, 15) is 4.39 Å². The number of pyridine rings is 1. The quantitative estimate of drug-likeness (QED) is 0.255. The highest BCUT2D eigenvalue weighted by atomic mass is 19.1. The third kappa shape index (κ3) is 5.55.